The molecule has 154 valence electrons. The summed E-state index contributed by atoms with van der Waals surface area (Å²) in [6.07, 6.45) is 3.58. The molecule has 0 aliphatic carbocycles. The number of nitrogens with zero attached hydrogens (tertiary/aromatic N) is 5. The lowest BCUT2D eigenvalue weighted by molar-refractivity contribution is 0.147. The van der Waals surface area contributed by atoms with Gasteiger partial charge in [-0.3, -0.25) is 18.8 Å². The van der Waals surface area contributed by atoms with Crippen LogP contribution in [0.25, 0.3) is 11.2 Å². The van der Waals surface area contributed by atoms with E-state index < -0.39 is 0 Å². The standard InChI is InChI=1S/C21H26ClN5O2/c1-14-6-4-5-11-26(14)13-17-23-19-18(20(28)25(3)21(29)24(19)2)27(17)12-15-7-9-16(22)10-8-15/h7-10,14H,4-6,11-13H2,1-3H3/t14-/m1/s1. The van der Waals surface area contributed by atoms with Crippen LogP contribution in [-0.4, -0.2) is 36.2 Å². The molecule has 8 heteroatoms. The fourth-order valence-electron chi connectivity index (χ4n) is 4.13. The quantitative estimate of drug-likeness (QED) is 0.656. The maximum absolute atomic E-state index is 13.0. The number of aromatic nitrogens is 4. The van der Waals surface area contributed by atoms with E-state index in [0.717, 1.165) is 28.9 Å². The number of piperidine rings is 1. The van der Waals surface area contributed by atoms with Crippen molar-refractivity contribution >= 4 is 22.8 Å². The highest BCUT2D eigenvalue weighted by molar-refractivity contribution is 6.30. The summed E-state index contributed by atoms with van der Waals surface area (Å²) in [7, 11) is 3.17. The summed E-state index contributed by atoms with van der Waals surface area (Å²) >= 11 is 6.03. The van der Waals surface area contributed by atoms with Crippen molar-refractivity contribution in [2.45, 2.75) is 45.3 Å². The molecule has 0 radical (unpaired) electrons. The number of likely N-dealkylation sites (tertiary alicyclic amines) is 1. The first-order valence-electron chi connectivity index (χ1n) is 10.0. The van der Waals surface area contributed by atoms with Crippen molar-refractivity contribution in [1.29, 1.82) is 0 Å². The summed E-state index contributed by atoms with van der Waals surface area (Å²) in [5, 5.41) is 0.671. The molecule has 0 bridgehead atoms. The molecule has 1 aliphatic heterocycles. The third-order valence-corrected chi connectivity index (χ3v) is 6.22. The van der Waals surface area contributed by atoms with Crippen molar-refractivity contribution in [3.63, 3.8) is 0 Å². The maximum atomic E-state index is 13.0. The van der Waals surface area contributed by atoms with E-state index in [1.807, 2.05) is 28.8 Å². The summed E-state index contributed by atoms with van der Waals surface area (Å²) in [5.74, 6) is 0.807. The molecule has 1 aliphatic rings. The van der Waals surface area contributed by atoms with E-state index in [1.54, 1.807) is 7.05 Å². The van der Waals surface area contributed by atoms with E-state index in [2.05, 4.69) is 11.8 Å². The Morgan fingerprint density at radius 1 is 1.07 bits per heavy atom. The normalized spacial score (nSPS) is 17.9. The first-order valence-corrected chi connectivity index (χ1v) is 10.4. The first kappa shape index (κ1) is 19.9. The number of benzene rings is 1. The van der Waals surface area contributed by atoms with Gasteiger partial charge in [-0.1, -0.05) is 30.2 Å². The zero-order valence-electron chi connectivity index (χ0n) is 17.1. The monoisotopic (exact) mass is 415 g/mol. The lowest BCUT2D eigenvalue weighted by Crippen LogP contribution is -2.38. The predicted molar refractivity (Wildman–Crippen MR) is 114 cm³/mol. The van der Waals surface area contributed by atoms with Gasteiger partial charge in [-0.25, -0.2) is 9.78 Å². The van der Waals surface area contributed by atoms with Gasteiger partial charge in [0.05, 0.1) is 6.54 Å². The van der Waals surface area contributed by atoms with Gasteiger partial charge in [-0.05, 0) is 44.0 Å². The van der Waals surface area contributed by atoms with E-state index in [4.69, 9.17) is 16.6 Å². The Labute approximate surface area is 174 Å². The first-order chi connectivity index (χ1) is 13.9. The van der Waals surface area contributed by atoms with Crippen LogP contribution in [0.4, 0.5) is 0 Å². The number of rotatable bonds is 4. The van der Waals surface area contributed by atoms with Crippen LogP contribution in [0.2, 0.25) is 5.02 Å². The largest absolute Gasteiger partial charge is 0.332 e. The zero-order chi connectivity index (χ0) is 20.7. The van der Waals surface area contributed by atoms with Crippen LogP contribution in [0.15, 0.2) is 33.9 Å². The third kappa shape index (κ3) is 3.65. The van der Waals surface area contributed by atoms with Gasteiger partial charge in [0.1, 0.15) is 5.82 Å². The smallest absolute Gasteiger partial charge is 0.317 e. The minimum absolute atomic E-state index is 0.317. The fourth-order valence-corrected chi connectivity index (χ4v) is 4.26. The van der Waals surface area contributed by atoms with Gasteiger partial charge < -0.3 is 4.57 Å². The Morgan fingerprint density at radius 2 is 1.79 bits per heavy atom. The molecule has 0 N–H and O–H groups in total. The second-order valence-electron chi connectivity index (χ2n) is 7.93. The van der Waals surface area contributed by atoms with Crippen LogP contribution >= 0.6 is 11.6 Å². The van der Waals surface area contributed by atoms with E-state index in [1.165, 1.54) is 24.5 Å². The number of halogens is 1. The Morgan fingerprint density at radius 3 is 2.48 bits per heavy atom. The average Bonchev–Trinajstić information content (AvgIpc) is 3.06. The third-order valence-electron chi connectivity index (χ3n) is 5.97. The highest BCUT2D eigenvalue weighted by Crippen LogP contribution is 2.22. The molecule has 0 amide bonds. The Balaban J connectivity index is 1.87. The minimum atomic E-state index is -0.364. The van der Waals surface area contributed by atoms with Crippen LogP contribution in [-0.2, 0) is 27.2 Å². The van der Waals surface area contributed by atoms with E-state index >= 15 is 0 Å². The van der Waals surface area contributed by atoms with Gasteiger partial charge >= 0.3 is 5.69 Å². The Kier molecular flexibility index (Phi) is 5.36. The minimum Gasteiger partial charge on any atom is -0.317 e. The van der Waals surface area contributed by atoms with Crippen LogP contribution < -0.4 is 11.2 Å². The molecule has 1 fully saturated rings. The van der Waals surface area contributed by atoms with Gasteiger partial charge in [-0.15, -0.1) is 0 Å². The molecule has 3 heterocycles. The van der Waals surface area contributed by atoms with Crippen molar-refractivity contribution in [3.05, 3.63) is 61.5 Å². The number of hydrogen-bond acceptors (Lipinski definition) is 4. The highest BCUT2D eigenvalue weighted by atomic mass is 35.5. The van der Waals surface area contributed by atoms with Crippen molar-refractivity contribution in [1.82, 2.24) is 23.6 Å². The average molecular weight is 416 g/mol. The molecular formula is C21H26ClN5O2. The molecule has 4 rings (SSSR count). The summed E-state index contributed by atoms with van der Waals surface area (Å²) in [5.41, 5.74) is 1.24. The summed E-state index contributed by atoms with van der Waals surface area (Å²) < 4.78 is 4.57. The fraction of sp³-hybridized carbons (Fsp3) is 0.476. The van der Waals surface area contributed by atoms with Crippen molar-refractivity contribution in [2.24, 2.45) is 14.1 Å². The molecule has 7 nitrogen and oxygen atoms in total. The van der Waals surface area contributed by atoms with E-state index in [-0.39, 0.29) is 11.2 Å². The van der Waals surface area contributed by atoms with E-state index in [9.17, 15) is 9.59 Å². The summed E-state index contributed by atoms with van der Waals surface area (Å²) in [6.45, 7) is 4.40. The van der Waals surface area contributed by atoms with Crippen LogP contribution in [0, 0.1) is 0 Å². The molecule has 3 aromatic rings. The van der Waals surface area contributed by atoms with Crippen LogP contribution in [0.1, 0.15) is 37.6 Å². The lowest BCUT2D eigenvalue weighted by Gasteiger charge is -2.33. The van der Waals surface area contributed by atoms with Crippen molar-refractivity contribution < 1.29 is 0 Å². The number of hydrogen-bond donors (Lipinski definition) is 0. The van der Waals surface area contributed by atoms with Crippen LogP contribution in [0.3, 0.4) is 0 Å². The van der Waals surface area contributed by atoms with Crippen molar-refractivity contribution in [3.8, 4) is 0 Å². The van der Waals surface area contributed by atoms with Crippen LogP contribution in [0.5, 0.6) is 0 Å². The van der Waals surface area contributed by atoms with Gasteiger partial charge in [0.2, 0.25) is 0 Å². The van der Waals surface area contributed by atoms with E-state index in [0.29, 0.717) is 35.3 Å². The van der Waals surface area contributed by atoms with Crippen molar-refractivity contribution in [2.75, 3.05) is 6.54 Å². The topological polar surface area (TPSA) is 65.1 Å². The number of imidazole rings is 1. The Hall–Kier alpha value is -2.38. The predicted octanol–water partition coefficient (Wildman–Crippen LogP) is 2.51. The molecule has 1 saturated heterocycles. The van der Waals surface area contributed by atoms with Gasteiger partial charge in [-0.2, -0.15) is 0 Å². The highest BCUT2D eigenvalue weighted by Gasteiger charge is 2.24. The molecule has 0 unspecified atom stereocenters. The molecule has 29 heavy (non-hydrogen) atoms. The summed E-state index contributed by atoms with van der Waals surface area (Å²) in [6, 6.07) is 8.06. The SMILES string of the molecule is C[C@@H]1CCCCN1Cc1nc2c(c(=O)n(C)c(=O)n2C)n1Cc1ccc(Cl)cc1. The van der Waals surface area contributed by atoms with Gasteiger partial charge in [0.25, 0.3) is 5.56 Å². The number of aryl methyl sites for hydroxylation is 1. The molecule has 0 saturated carbocycles. The zero-order valence-corrected chi connectivity index (χ0v) is 17.8. The lowest BCUT2D eigenvalue weighted by atomic mass is 10.0. The molecule has 0 spiro atoms. The molecule has 2 aromatic heterocycles. The Bertz CT molecular complexity index is 1160. The second kappa shape index (κ2) is 7.80. The maximum Gasteiger partial charge on any atom is 0.332 e. The second-order valence-corrected chi connectivity index (χ2v) is 8.37. The number of fused-ring (bicyclic) bond motifs is 1. The summed E-state index contributed by atoms with van der Waals surface area (Å²) in [4.78, 5) is 32.6. The van der Waals surface area contributed by atoms with Gasteiger partial charge in [0.15, 0.2) is 11.2 Å². The van der Waals surface area contributed by atoms with Gasteiger partial charge in [0, 0.05) is 31.7 Å². The molecule has 1 atom stereocenters. The molecular weight excluding hydrogens is 390 g/mol. The molecule has 1 aromatic carbocycles.